The van der Waals surface area contributed by atoms with E-state index in [0.717, 1.165) is 19.0 Å². The van der Waals surface area contributed by atoms with Crippen LogP contribution in [0.25, 0.3) is 28.5 Å². The summed E-state index contributed by atoms with van der Waals surface area (Å²) in [5.41, 5.74) is 3.72. The summed E-state index contributed by atoms with van der Waals surface area (Å²) in [5.74, 6) is 0.980. The minimum Gasteiger partial charge on any atom is -0.439 e. The molecule has 0 unspecified atom stereocenters. The van der Waals surface area contributed by atoms with Crippen molar-refractivity contribution < 1.29 is 9.30 Å². The zero-order valence-electron chi connectivity index (χ0n) is 21.1. The van der Waals surface area contributed by atoms with Gasteiger partial charge in [0.2, 0.25) is 0 Å². The lowest BCUT2D eigenvalue weighted by molar-refractivity contribution is -0.695. The molecule has 0 radical (unpaired) electrons. The Labute approximate surface area is 226 Å². The summed E-state index contributed by atoms with van der Waals surface area (Å²) in [7, 11) is 0. The fraction of sp³-hybridized carbons (Fsp3) is 0.156. The SMILES string of the molecule is CCN1C(=CC(=CC=Cc2sc3c([n+]2CC)OCC=C3)c2cccc3ccccc23)Sc2ccccc21. The maximum atomic E-state index is 5.93. The highest BCUT2D eigenvalue weighted by atomic mass is 32.2. The number of fused-ring (bicyclic) bond motifs is 3. The van der Waals surface area contributed by atoms with Crippen molar-refractivity contribution in [2.75, 3.05) is 18.1 Å². The first-order valence-corrected chi connectivity index (χ1v) is 14.4. The van der Waals surface area contributed by atoms with Gasteiger partial charge in [0.1, 0.15) is 11.5 Å². The normalized spacial score (nSPS) is 16.0. The smallest absolute Gasteiger partial charge is 0.387 e. The number of aromatic nitrogens is 1. The second kappa shape index (κ2) is 10.4. The van der Waals surface area contributed by atoms with Crippen LogP contribution in [0.15, 0.2) is 101 Å². The fourth-order valence-corrected chi connectivity index (χ4v) is 7.24. The molecule has 2 aliphatic heterocycles. The molecule has 1 aromatic heterocycles. The summed E-state index contributed by atoms with van der Waals surface area (Å²) >= 11 is 3.62. The number of rotatable bonds is 6. The van der Waals surface area contributed by atoms with Gasteiger partial charge in [0, 0.05) is 17.5 Å². The van der Waals surface area contributed by atoms with Gasteiger partial charge >= 0.3 is 5.88 Å². The van der Waals surface area contributed by atoms with Crippen LogP contribution in [-0.4, -0.2) is 13.2 Å². The lowest BCUT2D eigenvalue weighted by Crippen LogP contribution is -2.35. The Kier molecular flexibility index (Phi) is 6.73. The van der Waals surface area contributed by atoms with E-state index in [9.17, 15) is 0 Å². The van der Waals surface area contributed by atoms with Crippen LogP contribution in [0.2, 0.25) is 0 Å². The Hall–Kier alpha value is -3.54. The van der Waals surface area contributed by atoms with E-state index in [1.807, 2.05) is 11.8 Å². The summed E-state index contributed by atoms with van der Waals surface area (Å²) in [5, 5.41) is 4.96. The number of thioether (sulfide) groups is 1. The van der Waals surface area contributed by atoms with E-state index in [1.165, 1.54) is 47.4 Å². The molecule has 37 heavy (non-hydrogen) atoms. The van der Waals surface area contributed by atoms with Crippen LogP contribution in [0.3, 0.4) is 0 Å². The second-order valence-corrected chi connectivity index (χ2v) is 11.0. The van der Waals surface area contributed by atoms with Crippen molar-refractivity contribution >= 4 is 57.3 Å². The number of allylic oxidation sites excluding steroid dienone is 4. The summed E-state index contributed by atoms with van der Waals surface area (Å²) in [6.45, 7) is 6.83. The molecular formula is C32H29N2OS2+. The number of ether oxygens (including phenoxy) is 1. The Morgan fingerprint density at radius 2 is 1.86 bits per heavy atom. The van der Waals surface area contributed by atoms with E-state index in [-0.39, 0.29) is 0 Å². The number of nitrogens with zero attached hydrogens (tertiary/aromatic N) is 2. The van der Waals surface area contributed by atoms with Crippen molar-refractivity contribution in [3.8, 4) is 5.88 Å². The minimum atomic E-state index is 0.638. The van der Waals surface area contributed by atoms with E-state index in [2.05, 4.69) is 127 Å². The molecule has 3 heterocycles. The Morgan fingerprint density at radius 1 is 1.03 bits per heavy atom. The summed E-state index contributed by atoms with van der Waals surface area (Å²) in [6.07, 6.45) is 13.2. The maximum Gasteiger partial charge on any atom is 0.387 e. The van der Waals surface area contributed by atoms with Crippen molar-refractivity contribution in [2.24, 2.45) is 0 Å². The van der Waals surface area contributed by atoms with Crippen LogP contribution in [0.1, 0.15) is 29.3 Å². The molecule has 5 heteroatoms. The second-order valence-electron chi connectivity index (χ2n) is 8.87. The van der Waals surface area contributed by atoms with E-state index in [1.54, 1.807) is 11.3 Å². The largest absolute Gasteiger partial charge is 0.439 e. The first-order valence-electron chi connectivity index (χ1n) is 12.8. The van der Waals surface area contributed by atoms with Gasteiger partial charge in [-0.1, -0.05) is 89.8 Å². The standard InChI is InChI=1S/C32H29N2OS2/c1-3-33-27-17-7-8-18-28(27)36-31(33)22-24(26-16-9-13-23-12-5-6-15-25(23)26)14-10-20-30-34(4-2)32-29(37-30)19-11-21-35-32/h5-20,22H,3-4,21H2,1-2H3/q+1. The van der Waals surface area contributed by atoms with Crippen LogP contribution < -0.4 is 14.2 Å². The van der Waals surface area contributed by atoms with Gasteiger partial charge in [-0.25, -0.2) is 0 Å². The maximum absolute atomic E-state index is 5.93. The van der Waals surface area contributed by atoms with Crippen LogP contribution >= 0.6 is 23.1 Å². The van der Waals surface area contributed by atoms with E-state index >= 15 is 0 Å². The van der Waals surface area contributed by atoms with Gasteiger partial charge in [0.15, 0.2) is 6.54 Å². The van der Waals surface area contributed by atoms with E-state index in [4.69, 9.17) is 4.74 Å². The van der Waals surface area contributed by atoms with Crippen LogP contribution in [0.5, 0.6) is 5.88 Å². The van der Waals surface area contributed by atoms with Crippen molar-refractivity contribution in [1.82, 2.24) is 0 Å². The molecule has 0 bridgehead atoms. The number of thiazole rings is 1. The van der Waals surface area contributed by atoms with Gasteiger partial charge in [-0.2, -0.15) is 4.57 Å². The van der Waals surface area contributed by atoms with Gasteiger partial charge in [-0.15, -0.1) is 0 Å². The Morgan fingerprint density at radius 3 is 2.76 bits per heavy atom. The Balaban J connectivity index is 1.45. The summed E-state index contributed by atoms with van der Waals surface area (Å²) in [4.78, 5) is 4.90. The number of hydrogen-bond donors (Lipinski definition) is 0. The van der Waals surface area contributed by atoms with Gasteiger partial charge < -0.3 is 9.64 Å². The quantitative estimate of drug-likeness (QED) is 0.188. The average Bonchev–Trinajstić information content (AvgIpc) is 3.49. The molecule has 0 aliphatic carbocycles. The molecule has 3 aromatic carbocycles. The van der Waals surface area contributed by atoms with Crippen LogP contribution in [-0.2, 0) is 6.54 Å². The van der Waals surface area contributed by atoms with Crippen molar-refractivity contribution in [3.63, 3.8) is 0 Å². The number of hydrogen-bond acceptors (Lipinski definition) is 4. The minimum absolute atomic E-state index is 0.638. The first kappa shape index (κ1) is 23.8. The third-order valence-corrected chi connectivity index (χ3v) is 8.89. The lowest BCUT2D eigenvalue weighted by Gasteiger charge is -2.19. The van der Waals surface area contributed by atoms with Crippen molar-refractivity contribution in [3.05, 3.63) is 112 Å². The number of para-hydroxylation sites is 1. The lowest BCUT2D eigenvalue weighted by atomic mass is 9.97. The van der Waals surface area contributed by atoms with Crippen molar-refractivity contribution in [1.29, 1.82) is 0 Å². The molecule has 0 fully saturated rings. The number of anilines is 1. The third-order valence-electron chi connectivity index (χ3n) is 6.69. The molecule has 6 rings (SSSR count). The van der Waals surface area contributed by atoms with Crippen LogP contribution in [0, 0.1) is 0 Å². The molecule has 0 saturated carbocycles. The van der Waals surface area contributed by atoms with Gasteiger partial charge in [-0.05, 0) is 66.1 Å². The molecule has 4 aromatic rings. The zero-order valence-corrected chi connectivity index (χ0v) is 22.7. The molecule has 0 N–H and O–H groups in total. The highest BCUT2D eigenvalue weighted by Gasteiger charge is 2.26. The average molecular weight is 522 g/mol. The Bertz CT molecular complexity index is 1590. The molecule has 3 nitrogen and oxygen atoms in total. The van der Waals surface area contributed by atoms with E-state index < -0.39 is 0 Å². The monoisotopic (exact) mass is 521 g/mol. The summed E-state index contributed by atoms with van der Waals surface area (Å²) < 4.78 is 8.19. The molecular weight excluding hydrogens is 492 g/mol. The predicted molar refractivity (Wildman–Crippen MR) is 159 cm³/mol. The molecule has 0 saturated heterocycles. The zero-order chi connectivity index (χ0) is 25.2. The van der Waals surface area contributed by atoms with Crippen molar-refractivity contribution in [2.45, 2.75) is 25.3 Å². The van der Waals surface area contributed by atoms with E-state index in [0.29, 0.717) is 6.61 Å². The topological polar surface area (TPSA) is 16.4 Å². The highest BCUT2D eigenvalue weighted by molar-refractivity contribution is 8.03. The predicted octanol–water partition coefficient (Wildman–Crippen LogP) is 8.18. The molecule has 0 atom stereocenters. The molecule has 0 spiro atoms. The highest BCUT2D eigenvalue weighted by Crippen LogP contribution is 2.46. The van der Waals surface area contributed by atoms with Crippen LogP contribution in [0.4, 0.5) is 5.69 Å². The number of benzene rings is 3. The summed E-state index contributed by atoms with van der Waals surface area (Å²) in [6, 6.07) is 23.9. The van der Waals surface area contributed by atoms with Gasteiger partial charge in [-0.3, -0.25) is 0 Å². The molecule has 2 aliphatic rings. The molecule has 184 valence electrons. The third kappa shape index (κ3) is 4.54. The van der Waals surface area contributed by atoms with Gasteiger partial charge in [0.05, 0.1) is 10.7 Å². The van der Waals surface area contributed by atoms with Gasteiger partial charge in [0.25, 0.3) is 5.01 Å². The first-order chi connectivity index (χ1) is 18.3. The fourth-order valence-electron chi connectivity index (χ4n) is 4.95. The molecule has 0 amide bonds.